The van der Waals surface area contributed by atoms with Gasteiger partial charge in [-0.2, -0.15) is 36.5 Å². The summed E-state index contributed by atoms with van der Waals surface area (Å²) < 4.78 is 98.8. The highest BCUT2D eigenvalue weighted by Gasteiger charge is 2.39. The van der Waals surface area contributed by atoms with E-state index in [0.29, 0.717) is 41.3 Å². The summed E-state index contributed by atoms with van der Waals surface area (Å²) in [5, 5.41) is 8.33. The standard InChI is InChI=1S/C28H27F6N7O4/c1-17(45-23-12-37-41(25(42)24(23)28(32,33)34)13-18-3-5-22(43-2)6-4-18)15-44-16-20-9-21-14-39(7-8-40(21)38-20)26-35-10-19(11-36-26)27(29,30)31/h3-6,9-12,17H,7-8,13-16H2,1-2H3/t17-/m0/s1. The van der Waals surface area contributed by atoms with Crippen LogP contribution in [0.3, 0.4) is 0 Å². The van der Waals surface area contributed by atoms with Gasteiger partial charge in [0.15, 0.2) is 11.3 Å². The molecule has 0 bridgehead atoms. The number of anilines is 1. The number of aromatic nitrogens is 6. The number of methoxy groups -OCH3 is 1. The molecule has 11 nitrogen and oxygen atoms in total. The van der Waals surface area contributed by atoms with Gasteiger partial charge in [-0.15, -0.1) is 0 Å². The van der Waals surface area contributed by atoms with Crippen LogP contribution in [0.5, 0.6) is 11.5 Å². The molecule has 4 heterocycles. The number of rotatable bonds is 10. The average molecular weight is 640 g/mol. The third kappa shape index (κ3) is 7.53. The lowest BCUT2D eigenvalue weighted by Crippen LogP contribution is -2.35. The fraction of sp³-hybridized carbons (Fsp3) is 0.393. The molecule has 1 aromatic carbocycles. The van der Waals surface area contributed by atoms with E-state index in [2.05, 4.69) is 20.2 Å². The molecule has 4 aromatic rings. The molecule has 5 rings (SSSR count). The van der Waals surface area contributed by atoms with E-state index in [9.17, 15) is 31.1 Å². The maximum atomic E-state index is 13.9. The fourth-order valence-electron chi connectivity index (χ4n) is 4.62. The van der Waals surface area contributed by atoms with Crippen molar-refractivity contribution in [3.8, 4) is 11.5 Å². The van der Waals surface area contributed by atoms with Crippen molar-refractivity contribution in [3.63, 3.8) is 0 Å². The lowest BCUT2D eigenvalue weighted by Gasteiger charge is -2.27. The summed E-state index contributed by atoms with van der Waals surface area (Å²) in [5.74, 6) is -0.00103. The zero-order valence-electron chi connectivity index (χ0n) is 24.0. The SMILES string of the molecule is COc1ccc(Cn2ncc(O[C@@H](C)COCc3cc4n(n3)CCN(c3ncc(C(F)(F)F)cn3)C4)c(C(F)(F)F)c2=O)cc1. The minimum atomic E-state index is -4.99. The van der Waals surface area contributed by atoms with Gasteiger partial charge in [-0.05, 0) is 30.7 Å². The van der Waals surface area contributed by atoms with Crippen LogP contribution in [0, 0.1) is 0 Å². The zero-order valence-corrected chi connectivity index (χ0v) is 24.0. The number of hydrogen-bond donors (Lipinski definition) is 0. The van der Waals surface area contributed by atoms with E-state index < -0.39 is 40.9 Å². The summed E-state index contributed by atoms with van der Waals surface area (Å²) >= 11 is 0. The molecular weight excluding hydrogens is 612 g/mol. The smallest absolute Gasteiger partial charge is 0.425 e. The quantitative estimate of drug-likeness (QED) is 0.234. The van der Waals surface area contributed by atoms with Crippen LogP contribution in [0.15, 0.2) is 53.7 Å². The van der Waals surface area contributed by atoms with Crippen molar-refractivity contribution < 1.29 is 40.6 Å². The van der Waals surface area contributed by atoms with Crippen molar-refractivity contribution in [1.82, 2.24) is 29.5 Å². The molecule has 0 spiro atoms. The van der Waals surface area contributed by atoms with E-state index in [1.807, 2.05) is 0 Å². The molecule has 0 saturated heterocycles. The van der Waals surface area contributed by atoms with E-state index in [-0.39, 0.29) is 25.7 Å². The topological polar surface area (TPSA) is 109 Å². The first kappa shape index (κ1) is 31.7. The first-order valence-electron chi connectivity index (χ1n) is 13.6. The molecule has 1 atom stereocenters. The van der Waals surface area contributed by atoms with Gasteiger partial charge in [0.25, 0.3) is 5.56 Å². The lowest BCUT2D eigenvalue weighted by atomic mass is 10.2. The number of ether oxygens (including phenoxy) is 3. The molecule has 45 heavy (non-hydrogen) atoms. The van der Waals surface area contributed by atoms with E-state index in [1.54, 1.807) is 39.9 Å². The minimum Gasteiger partial charge on any atom is -0.497 e. The van der Waals surface area contributed by atoms with Crippen LogP contribution in [0.25, 0.3) is 0 Å². The van der Waals surface area contributed by atoms with Gasteiger partial charge in [-0.1, -0.05) is 12.1 Å². The number of hydrogen-bond acceptors (Lipinski definition) is 9. The molecule has 3 aromatic heterocycles. The van der Waals surface area contributed by atoms with Gasteiger partial charge in [0.1, 0.15) is 11.9 Å². The molecule has 0 N–H and O–H groups in total. The Kier molecular flexibility index (Phi) is 8.99. The van der Waals surface area contributed by atoms with Crippen molar-refractivity contribution in [1.29, 1.82) is 0 Å². The largest absolute Gasteiger partial charge is 0.497 e. The molecule has 1 aliphatic rings. The van der Waals surface area contributed by atoms with Crippen molar-refractivity contribution in [2.24, 2.45) is 0 Å². The third-order valence-electron chi connectivity index (χ3n) is 6.81. The number of benzene rings is 1. The van der Waals surface area contributed by atoms with E-state index in [4.69, 9.17) is 14.2 Å². The minimum absolute atomic E-state index is 0.0122. The molecule has 0 amide bonds. The van der Waals surface area contributed by atoms with Gasteiger partial charge >= 0.3 is 12.4 Å². The van der Waals surface area contributed by atoms with E-state index >= 15 is 0 Å². The van der Waals surface area contributed by atoms with Crippen LogP contribution < -0.4 is 19.9 Å². The number of alkyl halides is 6. The Morgan fingerprint density at radius 3 is 2.33 bits per heavy atom. The van der Waals surface area contributed by atoms with Gasteiger partial charge in [0.2, 0.25) is 5.95 Å². The van der Waals surface area contributed by atoms with Crippen LogP contribution in [0.2, 0.25) is 0 Å². The second-order valence-corrected chi connectivity index (χ2v) is 10.2. The van der Waals surface area contributed by atoms with Crippen LogP contribution >= 0.6 is 0 Å². The van der Waals surface area contributed by atoms with Gasteiger partial charge in [-0.25, -0.2) is 14.6 Å². The first-order valence-corrected chi connectivity index (χ1v) is 13.6. The predicted molar refractivity (Wildman–Crippen MR) is 146 cm³/mol. The fourth-order valence-corrected chi connectivity index (χ4v) is 4.62. The first-order chi connectivity index (χ1) is 21.3. The van der Waals surface area contributed by atoms with Crippen molar-refractivity contribution >= 4 is 5.95 Å². The van der Waals surface area contributed by atoms with Crippen LogP contribution in [0.4, 0.5) is 32.3 Å². The summed E-state index contributed by atoms with van der Waals surface area (Å²) in [6.45, 7) is 2.33. The maximum absolute atomic E-state index is 13.9. The summed E-state index contributed by atoms with van der Waals surface area (Å²) in [7, 11) is 1.48. The molecule has 17 heteroatoms. The highest BCUT2D eigenvalue weighted by molar-refractivity contribution is 5.34. The molecule has 0 radical (unpaired) electrons. The summed E-state index contributed by atoms with van der Waals surface area (Å²) in [6.07, 6.45) is -8.08. The lowest BCUT2D eigenvalue weighted by molar-refractivity contribution is -0.141. The summed E-state index contributed by atoms with van der Waals surface area (Å²) in [6, 6.07) is 8.22. The molecule has 0 saturated carbocycles. The normalized spacial score (nSPS) is 14.3. The molecular formula is C28H27F6N7O4. The third-order valence-corrected chi connectivity index (χ3v) is 6.81. The van der Waals surface area contributed by atoms with Crippen molar-refractivity contribution in [2.45, 2.75) is 51.6 Å². The Bertz CT molecular complexity index is 1670. The highest BCUT2D eigenvalue weighted by atomic mass is 19.4. The van der Waals surface area contributed by atoms with Gasteiger partial charge in [0.05, 0.1) is 63.1 Å². The van der Waals surface area contributed by atoms with Gasteiger partial charge < -0.3 is 19.1 Å². The number of halogens is 6. The predicted octanol–water partition coefficient (Wildman–Crippen LogP) is 4.33. The Balaban J connectivity index is 1.18. The second-order valence-electron chi connectivity index (χ2n) is 10.2. The van der Waals surface area contributed by atoms with E-state index in [1.165, 1.54) is 14.0 Å². The Hall–Kier alpha value is -4.67. The maximum Gasteiger partial charge on any atom is 0.425 e. The van der Waals surface area contributed by atoms with Gasteiger partial charge in [0, 0.05) is 18.9 Å². The molecule has 240 valence electrons. The van der Waals surface area contributed by atoms with Crippen molar-refractivity contribution in [3.05, 3.63) is 87.4 Å². The molecule has 0 fully saturated rings. The summed E-state index contributed by atoms with van der Waals surface area (Å²) in [4.78, 5) is 22.2. The highest BCUT2D eigenvalue weighted by Crippen LogP contribution is 2.34. The molecule has 0 aliphatic carbocycles. The number of nitrogens with zero attached hydrogens (tertiary/aromatic N) is 7. The average Bonchev–Trinajstić information content (AvgIpc) is 3.40. The van der Waals surface area contributed by atoms with Crippen molar-refractivity contribution in [2.75, 3.05) is 25.2 Å². The molecule has 0 unspecified atom stereocenters. The Labute approximate surface area is 252 Å². The van der Waals surface area contributed by atoms with Crippen LogP contribution in [-0.4, -0.2) is 55.9 Å². The van der Waals surface area contributed by atoms with Crippen LogP contribution in [-0.2, 0) is 43.3 Å². The van der Waals surface area contributed by atoms with E-state index in [0.717, 1.165) is 24.3 Å². The zero-order chi connectivity index (χ0) is 32.4. The monoisotopic (exact) mass is 639 g/mol. The second kappa shape index (κ2) is 12.7. The summed E-state index contributed by atoms with van der Waals surface area (Å²) in [5.41, 5.74) is -1.92. The van der Waals surface area contributed by atoms with Gasteiger partial charge in [-0.3, -0.25) is 9.48 Å². The Morgan fingerprint density at radius 1 is 0.978 bits per heavy atom. The Morgan fingerprint density at radius 2 is 1.69 bits per heavy atom. The molecule has 1 aliphatic heterocycles. The number of fused-ring (bicyclic) bond motifs is 1. The van der Waals surface area contributed by atoms with Crippen LogP contribution in [0.1, 0.15) is 35.0 Å².